The molecule has 1 aliphatic rings. The summed E-state index contributed by atoms with van der Waals surface area (Å²) in [5, 5.41) is 3.29. The van der Waals surface area contributed by atoms with Crippen LogP contribution in [-0.4, -0.2) is 47.9 Å². The predicted molar refractivity (Wildman–Crippen MR) is 74.3 cm³/mol. The maximum Gasteiger partial charge on any atom is 0.322 e. The fraction of sp³-hybridized carbons (Fsp3) is 0.385. The van der Waals surface area contributed by atoms with Gasteiger partial charge in [0.25, 0.3) is 0 Å². The van der Waals surface area contributed by atoms with E-state index in [1.807, 2.05) is 12.1 Å². The van der Waals surface area contributed by atoms with Crippen molar-refractivity contribution in [2.24, 2.45) is 0 Å². The molecule has 0 radical (unpaired) electrons. The summed E-state index contributed by atoms with van der Waals surface area (Å²) in [7, 11) is 0. The summed E-state index contributed by atoms with van der Waals surface area (Å²) < 4.78 is 0. The molecule has 1 heterocycles. The van der Waals surface area contributed by atoms with Gasteiger partial charge < -0.3 is 15.1 Å². The zero-order valence-electron chi connectivity index (χ0n) is 10.7. The average molecular weight is 282 g/mol. The molecule has 1 N–H and O–H groups in total. The Hall–Kier alpha value is -1.75. The molecule has 0 aromatic heterocycles. The summed E-state index contributed by atoms with van der Waals surface area (Å²) in [6.07, 6.45) is 0. The van der Waals surface area contributed by atoms with E-state index in [1.165, 1.54) is 0 Å². The molecule has 0 aliphatic carbocycles. The van der Waals surface area contributed by atoms with Crippen LogP contribution in [0.25, 0.3) is 0 Å². The molecular weight excluding hydrogens is 266 g/mol. The largest absolute Gasteiger partial charge is 0.339 e. The summed E-state index contributed by atoms with van der Waals surface area (Å²) in [5.74, 6) is 0.0474. The normalized spacial score (nSPS) is 15.3. The Morgan fingerprint density at radius 2 is 1.68 bits per heavy atom. The van der Waals surface area contributed by atoms with E-state index in [0.29, 0.717) is 36.9 Å². The molecule has 5 nitrogen and oxygen atoms in total. The van der Waals surface area contributed by atoms with Crippen molar-refractivity contribution >= 4 is 29.2 Å². The van der Waals surface area contributed by atoms with Crippen LogP contribution in [0.5, 0.6) is 0 Å². The number of para-hydroxylation sites is 1. The van der Waals surface area contributed by atoms with E-state index in [2.05, 4.69) is 5.32 Å². The first-order chi connectivity index (χ1) is 9.08. The van der Waals surface area contributed by atoms with E-state index in [4.69, 9.17) is 11.6 Å². The van der Waals surface area contributed by atoms with Crippen molar-refractivity contribution in [2.75, 3.05) is 31.5 Å². The van der Waals surface area contributed by atoms with Crippen LogP contribution in [0.15, 0.2) is 24.3 Å². The quantitative estimate of drug-likeness (QED) is 0.856. The Morgan fingerprint density at radius 1 is 1.11 bits per heavy atom. The van der Waals surface area contributed by atoms with Crippen molar-refractivity contribution in [1.82, 2.24) is 9.80 Å². The number of anilines is 1. The van der Waals surface area contributed by atoms with E-state index in [9.17, 15) is 9.59 Å². The van der Waals surface area contributed by atoms with Crippen molar-refractivity contribution in [1.29, 1.82) is 0 Å². The monoisotopic (exact) mass is 281 g/mol. The molecule has 0 unspecified atom stereocenters. The van der Waals surface area contributed by atoms with E-state index in [0.717, 1.165) is 0 Å². The number of halogens is 1. The van der Waals surface area contributed by atoms with Gasteiger partial charge in [0.05, 0.1) is 10.7 Å². The summed E-state index contributed by atoms with van der Waals surface area (Å²) >= 11 is 5.99. The Labute approximate surface area is 117 Å². The molecule has 1 fully saturated rings. The van der Waals surface area contributed by atoms with Crippen LogP contribution in [-0.2, 0) is 4.79 Å². The van der Waals surface area contributed by atoms with Gasteiger partial charge in [-0.3, -0.25) is 4.79 Å². The Balaban J connectivity index is 1.92. The molecule has 0 atom stereocenters. The fourth-order valence-corrected chi connectivity index (χ4v) is 2.16. The first-order valence-electron chi connectivity index (χ1n) is 6.14. The number of hydrogen-bond acceptors (Lipinski definition) is 2. The number of piperazine rings is 1. The third-order valence-electron chi connectivity index (χ3n) is 3.13. The van der Waals surface area contributed by atoms with E-state index in [1.54, 1.807) is 28.9 Å². The maximum atomic E-state index is 12.0. The van der Waals surface area contributed by atoms with Crippen LogP contribution in [0.1, 0.15) is 6.92 Å². The van der Waals surface area contributed by atoms with Crippen LogP contribution in [0.4, 0.5) is 10.5 Å². The topological polar surface area (TPSA) is 52.7 Å². The second-order valence-electron chi connectivity index (χ2n) is 4.40. The van der Waals surface area contributed by atoms with Crippen molar-refractivity contribution < 1.29 is 9.59 Å². The summed E-state index contributed by atoms with van der Waals surface area (Å²) in [5.41, 5.74) is 0.600. The molecule has 102 valence electrons. The van der Waals surface area contributed by atoms with Gasteiger partial charge in [-0.25, -0.2) is 4.79 Å². The first kappa shape index (κ1) is 13.7. The van der Waals surface area contributed by atoms with E-state index < -0.39 is 0 Å². The number of nitrogens with zero attached hydrogens (tertiary/aromatic N) is 2. The standard InChI is InChI=1S/C13H16ClN3O2/c1-10(18)16-6-8-17(9-7-16)13(19)15-12-5-3-2-4-11(12)14/h2-5H,6-9H2,1H3,(H,15,19). The highest BCUT2D eigenvalue weighted by atomic mass is 35.5. The highest BCUT2D eigenvalue weighted by molar-refractivity contribution is 6.33. The molecule has 1 aliphatic heterocycles. The first-order valence-corrected chi connectivity index (χ1v) is 6.51. The zero-order valence-corrected chi connectivity index (χ0v) is 11.5. The van der Waals surface area contributed by atoms with E-state index in [-0.39, 0.29) is 11.9 Å². The Bertz CT molecular complexity index is 485. The molecule has 19 heavy (non-hydrogen) atoms. The minimum absolute atomic E-state index is 0.0474. The van der Waals surface area contributed by atoms with Gasteiger partial charge >= 0.3 is 6.03 Å². The minimum atomic E-state index is -0.184. The molecule has 1 aromatic rings. The Morgan fingerprint density at radius 3 is 2.26 bits per heavy atom. The van der Waals surface area contributed by atoms with Gasteiger partial charge in [-0.15, -0.1) is 0 Å². The summed E-state index contributed by atoms with van der Waals surface area (Å²) in [6, 6.07) is 6.92. The number of nitrogens with one attached hydrogen (secondary N) is 1. The molecule has 1 aromatic carbocycles. The molecule has 3 amide bonds. The lowest BCUT2D eigenvalue weighted by atomic mass is 10.3. The van der Waals surface area contributed by atoms with Crippen LogP contribution >= 0.6 is 11.6 Å². The number of carbonyl (C=O) groups excluding carboxylic acids is 2. The molecule has 2 rings (SSSR count). The van der Waals surface area contributed by atoms with Crippen molar-refractivity contribution in [2.45, 2.75) is 6.92 Å². The van der Waals surface area contributed by atoms with Crippen molar-refractivity contribution in [3.8, 4) is 0 Å². The molecule has 1 saturated heterocycles. The number of benzene rings is 1. The highest BCUT2D eigenvalue weighted by Crippen LogP contribution is 2.20. The van der Waals surface area contributed by atoms with Gasteiger partial charge in [-0.05, 0) is 12.1 Å². The van der Waals surface area contributed by atoms with Crippen molar-refractivity contribution in [3.05, 3.63) is 29.3 Å². The van der Waals surface area contributed by atoms with Gasteiger partial charge in [-0.1, -0.05) is 23.7 Å². The molecule has 0 spiro atoms. The molecule has 0 bridgehead atoms. The van der Waals surface area contributed by atoms with Gasteiger partial charge in [0.1, 0.15) is 0 Å². The van der Waals surface area contributed by atoms with Crippen LogP contribution in [0.2, 0.25) is 5.02 Å². The molecular formula is C13H16ClN3O2. The summed E-state index contributed by atoms with van der Waals surface area (Å²) in [4.78, 5) is 26.7. The smallest absolute Gasteiger partial charge is 0.322 e. The SMILES string of the molecule is CC(=O)N1CCN(C(=O)Nc2ccccc2Cl)CC1. The number of carbonyl (C=O) groups is 2. The van der Waals surface area contributed by atoms with Gasteiger partial charge in [0, 0.05) is 33.1 Å². The second kappa shape index (κ2) is 5.93. The Kier molecular flexibility index (Phi) is 4.27. The lowest BCUT2D eigenvalue weighted by Gasteiger charge is -2.34. The van der Waals surface area contributed by atoms with Gasteiger partial charge in [-0.2, -0.15) is 0 Å². The highest BCUT2D eigenvalue weighted by Gasteiger charge is 2.22. The van der Waals surface area contributed by atoms with Crippen LogP contribution in [0.3, 0.4) is 0 Å². The van der Waals surface area contributed by atoms with Crippen LogP contribution in [0, 0.1) is 0 Å². The number of rotatable bonds is 1. The third-order valence-corrected chi connectivity index (χ3v) is 3.46. The molecule has 6 heteroatoms. The van der Waals surface area contributed by atoms with E-state index >= 15 is 0 Å². The third kappa shape index (κ3) is 3.38. The minimum Gasteiger partial charge on any atom is -0.339 e. The second-order valence-corrected chi connectivity index (χ2v) is 4.81. The molecule has 0 saturated carbocycles. The lowest BCUT2D eigenvalue weighted by molar-refractivity contribution is -0.130. The number of amides is 3. The van der Waals surface area contributed by atoms with Gasteiger partial charge in [0.15, 0.2) is 0 Å². The number of urea groups is 1. The maximum absolute atomic E-state index is 12.0. The van der Waals surface area contributed by atoms with Crippen LogP contribution < -0.4 is 5.32 Å². The fourth-order valence-electron chi connectivity index (χ4n) is 1.98. The zero-order chi connectivity index (χ0) is 13.8. The lowest BCUT2D eigenvalue weighted by Crippen LogP contribution is -2.51. The predicted octanol–water partition coefficient (Wildman–Crippen LogP) is 2.04. The van der Waals surface area contributed by atoms with Gasteiger partial charge in [0.2, 0.25) is 5.91 Å². The average Bonchev–Trinajstić information content (AvgIpc) is 2.41. The summed E-state index contributed by atoms with van der Waals surface area (Å²) in [6.45, 7) is 3.77. The number of hydrogen-bond donors (Lipinski definition) is 1. The van der Waals surface area contributed by atoms with Crippen molar-refractivity contribution in [3.63, 3.8) is 0 Å².